The molecule has 0 saturated carbocycles. The first-order valence-electron chi connectivity index (χ1n) is 5.66. The Labute approximate surface area is 105 Å². The summed E-state index contributed by atoms with van der Waals surface area (Å²) in [7, 11) is 3.67. The lowest BCUT2D eigenvalue weighted by molar-refractivity contribution is 0.0943. The number of aryl methyl sites for hydroxylation is 2. The molecule has 96 valence electrons. The molecule has 18 heavy (non-hydrogen) atoms. The summed E-state index contributed by atoms with van der Waals surface area (Å²) in [6.45, 7) is 2.43. The predicted octanol–water partition coefficient (Wildman–Crippen LogP) is 0.579. The molecule has 6 nitrogen and oxygen atoms in total. The van der Waals surface area contributed by atoms with E-state index in [2.05, 4.69) is 10.4 Å². The van der Waals surface area contributed by atoms with E-state index in [1.807, 2.05) is 14.0 Å². The highest BCUT2D eigenvalue weighted by molar-refractivity contribution is 5.93. The third-order valence-electron chi connectivity index (χ3n) is 3.04. The zero-order valence-corrected chi connectivity index (χ0v) is 10.8. The van der Waals surface area contributed by atoms with Gasteiger partial charge >= 0.3 is 0 Å². The van der Waals surface area contributed by atoms with E-state index in [1.165, 1.54) is 0 Å². The second kappa shape index (κ2) is 4.56. The van der Waals surface area contributed by atoms with Crippen molar-refractivity contribution in [2.75, 3.05) is 5.73 Å². The van der Waals surface area contributed by atoms with Gasteiger partial charge in [0, 0.05) is 38.1 Å². The fraction of sp³-hybridized carbons (Fsp3) is 0.333. The zero-order valence-electron chi connectivity index (χ0n) is 10.8. The number of hydrogen-bond acceptors (Lipinski definition) is 3. The van der Waals surface area contributed by atoms with Crippen LogP contribution in [0.5, 0.6) is 0 Å². The number of nitrogens with zero attached hydrogens (tertiary/aromatic N) is 3. The van der Waals surface area contributed by atoms with Gasteiger partial charge in [0.2, 0.25) is 0 Å². The maximum absolute atomic E-state index is 12.0. The molecule has 2 heterocycles. The van der Waals surface area contributed by atoms with Crippen LogP contribution in [0.25, 0.3) is 0 Å². The van der Waals surface area contributed by atoms with E-state index in [4.69, 9.17) is 5.73 Å². The molecule has 0 bridgehead atoms. The minimum absolute atomic E-state index is 0.141. The lowest BCUT2D eigenvalue weighted by Gasteiger charge is -2.05. The third-order valence-corrected chi connectivity index (χ3v) is 3.04. The zero-order chi connectivity index (χ0) is 13.3. The maximum Gasteiger partial charge on any atom is 0.268 e. The molecule has 0 aliphatic heterocycles. The van der Waals surface area contributed by atoms with Gasteiger partial charge in [0.1, 0.15) is 5.69 Å². The van der Waals surface area contributed by atoms with E-state index < -0.39 is 0 Å². The molecule has 2 aromatic rings. The molecular formula is C12H17N5O. The van der Waals surface area contributed by atoms with Crippen LogP contribution >= 0.6 is 0 Å². The lowest BCUT2D eigenvalue weighted by atomic mass is 10.2. The molecule has 0 aliphatic rings. The highest BCUT2D eigenvalue weighted by atomic mass is 16.1. The van der Waals surface area contributed by atoms with Gasteiger partial charge in [-0.05, 0) is 13.0 Å². The fourth-order valence-corrected chi connectivity index (χ4v) is 1.80. The highest BCUT2D eigenvalue weighted by Crippen LogP contribution is 2.09. The number of nitrogen functional groups attached to an aromatic ring is 1. The number of nitrogens with one attached hydrogen (secondary N) is 1. The van der Waals surface area contributed by atoms with Gasteiger partial charge in [0.25, 0.3) is 5.91 Å². The van der Waals surface area contributed by atoms with Crippen LogP contribution in [0.1, 0.15) is 21.7 Å². The van der Waals surface area contributed by atoms with E-state index in [1.54, 1.807) is 34.8 Å². The van der Waals surface area contributed by atoms with Crippen LogP contribution < -0.4 is 11.1 Å². The normalized spacial score (nSPS) is 10.6. The summed E-state index contributed by atoms with van der Waals surface area (Å²) in [5.41, 5.74) is 8.82. The number of nitrogens with two attached hydrogens (primary N) is 1. The van der Waals surface area contributed by atoms with Crippen LogP contribution in [0.3, 0.4) is 0 Å². The minimum Gasteiger partial charge on any atom is -0.397 e. The Hall–Kier alpha value is -2.24. The van der Waals surface area contributed by atoms with Gasteiger partial charge in [-0.3, -0.25) is 9.48 Å². The molecule has 0 fully saturated rings. The van der Waals surface area contributed by atoms with Crippen LogP contribution in [-0.4, -0.2) is 20.3 Å². The predicted molar refractivity (Wildman–Crippen MR) is 68.9 cm³/mol. The van der Waals surface area contributed by atoms with E-state index in [0.717, 1.165) is 11.3 Å². The van der Waals surface area contributed by atoms with Gasteiger partial charge in [-0.25, -0.2) is 0 Å². The number of carbonyl (C=O) groups is 1. The highest BCUT2D eigenvalue weighted by Gasteiger charge is 2.11. The molecule has 1 amide bonds. The smallest absolute Gasteiger partial charge is 0.268 e. The summed E-state index contributed by atoms with van der Waals surface area (Å²) >= 11 is 0. The summed E-state index contributed by atoms with van der Waals surface area (Å²) in [4.78, 5) is 12.0. The van der Waals surface area contributed by atoms with Crippen molar-refractivity contribution in [2.45, 2.75) is 13.5 Å². The van der Waals surface area contributed by atoms with Crippen LogP contribution in [0.2, 0.25) is 0 Å². The Kier molecular flexibility index (Phi) is 3.10. The number of carbonyl (C=O) groups excluding carboxylic acids is 1. The Bertz CT molecular complexity index is 581. The largest absolute Gasteiger partial charge is 0.397 e. The SMILES string of the molecule is Cc1c(CNC(=O)c2cc(N)cn2C)cnn1C. The van der Waals surface area contributed by atoms with Crippen molar-refractivity contribution in [3.05, 3.63) is 35.4 Å². The second-order valence-corrected chi connectivity index (χ2v) is 4.33. The molecule has 0 atom stereocenters. The van der Waals surface area contributed by atoms with Gasteiger partial charge in [-0.1, -0.05) is 0 Å². The summed E-state index contributed by atoms with van der Waals surface area (Å²) in [6.07, 6.45) is 3.47. The van der Waals surface area contributed by atoms with Crippen molar-refractivity contribution in [2.24, 2.45) is 14.1 Å². The second-order valence-electron chi connectivity index (χ2n) is 4.33. The molecule has 2 aromatic heterocycles. The van der Waals surface area contributed by atoms with E-state index in [0.29, 0.717) is 17.9 Å². The minimum atomic E-state index is -0.141. The third kappa shape index (κ3) is 2.22. The Morgan fingerprint density at radius 3 is 2.72 bits per heavy atom. The molecule has 0 saturated heterocycles. The van der Waals surface area contributed by atoms with Crippen molar-refractivity contribution in [3.63, 3.8) is 0 Å². The van der Waals surface area contributed by atoms with Gasteiger partial charge < -0.3 is 15.6 Å². The van der Waals surface area contributed by atoms with Crippen LogP contribution in [-0.2, 0) is 20.6 Å². The number of anilines is 1. The van der Waals surface area contributed by atoms with Gasteiger partial charge in [-0.2, -0.15) is 5.10 Å². The monoisotopic (exact) mass is 247 g/mol. The number of aromatic nitrogens is 3. The van der Waals surface area contributed by atoms with Crippen LogP contribution in [0.15, 0.2) is 18.5 Å². The van der Waals surface area contributed by atoms with E-state index in [-0.39, 0.29) is 5.91 Å². The Morgan fingerprint density at radius 2 is 2.22 bits per heavy atom. The molecule has 3 N–H and O–H groups in total. The molecule has 0 aliphatic carbocycles. The summed E-state index contributed by atoms with van der Waals surface area (Å²) in [5.74, 6) is -0.141. The molecule has 0 radical (unpaired) electrons. The van der Waals surface area contributed by atoms with Gasteiger partial charge in [0.15, 0.2) is 0 Å². The Balaban J connectivity index is 2.05. The maximum atomic E-state index is 12.0. The number of amides is 1. The fourth-order valence-electron chi connectivity index (χ4n) is 1.80. The summed E-state index contributed by atoms with van der Waals surface area (Å²) in [6, 6.07) is 1.66. The molecule has 0 unspecified atom stereocenters. The van der Waals surface area contributed by atoms with Crippen molar-refractivity contribution in [1.82, 2.24) is 19.7 Å². The van der Waals surface area contributed by atoms with Crippen molar-refractivity contribution < 1.29 is 4.79 Å². The standard InChI is InChI=1S/C12H17N5O/c1-8-9(6-15-17(8)3)5-14-12(18)11-4-10(13)7-16(11)2/h4,6-7H,5,13H2,1-3H3,(H,14,18). The first-order chi connectivity index (χ1) is 8.49. The van der Waals surface area contributed by atoms with E-state index in [9.17, 15) is 4.79 Å². The first kappa shape index (κ1) is 12.2. The average Bonchev–Trinajstić information content (AvgIpc) is 2.81. The molecular weight excluding hydrogens is 230 g/mol. The number of rotatable bonds is 3. The Morgan fingerprint density at radius 1 is 1.50 bits per heavy atom. The van der Waals surface area contributed by atoms with Crippen molar-refractivity contribution in [1.29, 1.82) is 0 Å². The van der Waals surface area contributed by atoms with Gasteiger partial charge in [0.05, 0.1) is 11.9 Å². The lowest BCUT2D eigenvalue weighted by Crippen LogP contribution is -2.24. The molecule has 0 aromatic carbocycles. The summed E-state index contributed by atoms with van der Waals surface area (Å²) in [5, 5.41) is 6.98. The molecule has 2 rings (SSSR count). The average molecular weight is 247 g/mol. The van der Waals surface area contributed by atoms with Crippen molar-refractivity contribution in [3.8, 4) is 0 Å². The first-order valence-corrected chi connectivity index (χ1v) is 5.66. The molecule has 0 spiro atoms. The molecule has 6 heteroatoms. The van der Waals surface area contributed by atoms with Crippen LogP contribution in [0.4, 0.5) is 5.69 Å². The topological polar surface area (TPSA) is 77.9 Å². The summed E-state index contributed by atoms with van der Waals surface area (Å²) < 4.78 is 3.49. The number of hydrogen-bond donors (Lipinski definition) is 2. The van der Waals surface area contributed by atoms with E-state index >= 15 is 0 Å². The quantitative estimate of drug-likeness (QED) is 0.832. The van der Waals surface area contributed by atoms with Gasteiger partial charge in [-0.15, -0.1) is 0 Å². The van der Waals surface area contributed by atoms with Crippen molar-refractivity contribution >= 4 is 11.6 Å². The van der Waals surface area contributed by atoms with Crippen LogP contribution in [0, 0.1) is 6.92 Å².